The van der Waals surface area contributed by atoms with Crippen molar-refractivity contribution in [2.75, 3.05) is 20.2 Å². The zero-order valence-corrected chi connectivity index (χ0v) is 29.5. The Morgan fingerprint density at radius 3 is 2.06 bits per heavy atom. The molecule has 7 rings (SSSR count). The number of carbonyl (C=O) groups is 2. The lowest BCUT2D eigenvalue weighted by atomic mass is 9.97. The lowest BCUT2D eigenvalue weighted by Crippen LogP contribution is -2.35. The summed E-state index contributed by atoms with van der Waals surface area (Å²) in [4.78, 5) is 32.7. The van der Waals surface area contributed by atoms with Crippen LogP contribution in [0.25, 0.3) is 44.5 Å². The lowest BCUT2D eigenvalue weighted by molar-refractivity contribution is -0.120. The highest BCUT2D eigenvalue weighted by molar-refractivity contribution is 6.39. The van der Waals surface area contributed by atoms with Crippen LogP contribution in [-0.2, 0) is 29.7 Å². The molecule has 0 radical (unpaired) electrons. The molecule has 50 heavy (non-hydrogen) atoms. The second-order valence-corrected chi connectivity index (χ2v) is 13.7. The van der Waals surface area contributed by atoms with Gasteiger partial charge in [0.15, 0.2) is 0 Å². The van der Waals surface area contributed by atoms with Crippen LogP contribution in [0.2, 0.25) is 10.0 Å². The van der Waals surface area contributed by atoms with Crippen molar-refractivity contribution in [3.8, 4) is 39.4 Å². The first-order valence-electron chi connectivity index (χ1n) is 16.8. The fraction of sp³-hybridized carbons (Fsp3) is 0.316. The van der Waals surface area contributed by atoms with Crippen LogP contribution in [-0.4, -0.2) is 58.6 Å². The molecule has 0 aliphatic carbocycles. The van der Waals surface area contributed by atoms with E-state index in [0.29, 0.717) is 54.1 Å². The van der Waals surface area contributed by atoms with E-state index in [1.165, 1.54) is 0 Å². The molecule has 258 valence electrons. The molecule has 2 saturated heterocycles. The van der Waals surface area contributed by atoms with Crippen molar-refractivity contribution >= 4 is 46.0 Å². The maximum atomic E-state index is 11.5. The second kappa shape index (κ2) is 14.8. The molecule has 3 aromatic heterocycles. The van der Waals surface area contributed by atoms with Crippen molar-refractivity contribution in [1.82, 2.24) is 35.8 Å². The number of aryl methyl sites for hydroxylation is 1. The van der Waals surface area contributed by atoms with Crippen LogP contribution in [0.1, 0.15) is 36.8 Å². The predicted molar refractivity (Wildman–Crippen MR) is 197 cm³/mol. The Morgan fingerprint density at radius 2 is 1.44 bits per heavy atom. The van der Waals surface area contributed by atoms with E-state index in [2.05, 4.69) is 38.1 Å². The van der Waals surface area contributed by atoms with E-state index < -0.39 is 0 Å². The maximum Gasteiger partial charge on any atom is 0.220 e. The van der Waals surface area contributed by atoms with Gasteiger partial charge in [-0.2, -0.15) is 0 Å². The standard InChI is InChI=1S/C38H39Cl2N7O3/c1-47-21-24(17-42-20-26-11-14-34(49)45-26)37-32(47)15-23(18-43-37)27-5-3-6-28(35(27)39)29-7-4-8-30(36(29)40)31-12-9-22(38(46-31)50-2)16-41-19-25-10-13-33(48)44-25/h3-9,12,15,18,21,25-26,41-42H,10-11,13-14,16-17,19-20H2,1-2H3,(H,44,48)(H,45,49)/t25-,26-/m1/s1. The molecule has 2 aliphatic heterocycles. The smallest absolute Gasteiger partial charge is 0.220 e. The summed E-state index contributed by atoms with van der Waals surface area (Å²) in [7, 11) is 3.62. The number of ether oxygens (including phenoxy) is 1. The van der Waals surface area contributed by atoms with Crippen LogP contribution in [0, 0.1) is 0 Å². The van der Waals surface area contributed by atoms with Crippen molar-refractivity contribution in [3.63, 3.8) is 0 Å². The number of nitrogens with zero attached hydrogens (tertiary/aromatic N) is 3. The van der Waals surface area contributed by atoms with Crippen LogP contribution in [0.5, 0.6) is 5.88 Å². The highest BCUT2D eigenvalue weighted by Gasteiger charge is 2.22. The normalized spacial score (nSPS) is 17.4. The Balaban J connectivity index is 1.11. The van der Waals surface area contributed by atoms with E-state index in [0.717, 1.165) is 69.4 Å². The molecule has 0 unspecified atom stereocenters. The molecular weight excluding hydrogens is 673 g/mol. The Bertz CT molecular complexity index is 2080. The van der Waals surface area contributed by atoms with E-state index in [9.17, 15) is 9.59 Å². The third-order valence-corrected chi connectivity index (χ3v) is 10.3. The van der Waals surface area contributed by atoms with Gasteiger partial charge in [-0.3, -0.25) is 14.6 Å². The molecular formula is C38H39Cl2N7O3. The van der Waals surface area contributed by atoms with Gasteiger partial charge >= 0.3 is 0 Å². The van der Waals surface area contributed by atoms with Gasteiger partial charge in [0.1, 0.15) is 0 Å². The first-order valence-corrected chi connectivity index (χ1v) is 17.6. The van der Waals surface area contributed by atoms with Crippen molar-refractivity contribution in [1.29, 1.82) is 0 Å². The fourth-order valence-electron chi connectivity index (χ4n) is 6.86. The van der Waals surface area contributed by atoms with Gasteiger partial charge in [0.05, 0.1) is 33.9 Å². The average molecular weight is 713 g/mol. The first-order chi connectivity index (χ1) is 24.3. The number of methoxy groups -OCH3 is 1. The van der Waals surface area contributed by atoms with Gasteiger partial charge in [0.2, 0.25) is 17.7 Å². The van der Waals surface area contributed by atoms with Crippen molar-refractivity contribution < 1.29 is 14.3 Å². The number of benzene rings is 2. The summed E-state index contributed by atoms with van der Waals surface area (Å²) in [6, 6.07) is 18.2. The topological polar surface area (TPSA) is 122 Å². The van der Waals surface area contributed by atoms with Crippen LogP contribution in [0.3, 0.4) is 0 Å². The van der Waals surface area contributed by atoms with Gasteiger partial charge in [-0.25, -0.2) is 4.98 Å². The molecule has 0 spiro atoms. The highest BCUT2D eigenvalue weighted by atomic mass is 35.5. The van der Waals surface area contributed by atoms with Gasteiger partial charge in [-0.15, -0.1) is 0 Å². The van der Waals surface area contributed by atoms with Gasteiger partial charge < -0.3 is 30.6 Å². The molecule has 4 N–H and O–H groups in total. The quantitative estimate of drug-likeness (QED) is 0.125. The number of carbonyl (C=O) groups excluding carboxylic acids is 2. The number of amides is 2. The summed E-state index contributed by atoms with van der Waals surface area (Å²) in [5.74, 6) is 0.733. The van der Waals surface area contributed by atoms with Gasteiger partial charge in [0, 0.05) is 109 Å². The molecule has 5 heterocycles. The second-order valence-electron chi connectivity index (χ2n) is 12.9. The lowest BCUT2D eigenvalue weighted by Gasteiger charge is -2.16. The minimum atomic E-state index is 0.102. The fourth-order valence-corrected chi connectivity index (χ4v) is 7.53. The van der Waals surface area contributed by atoms with Crippen LogP contribution >= 0.6 is 23.2 Å². The van der Waals surface area contributed by atoms with E-state index in [1.807, 2.05) is 61.8 Å². The predicted octanol–water partition coefficient (Wildman–Crippen LogP) is 6.02. The van der Waals surface area contributed by atoms with Crippen molar-refractivity contribution in [3.05, 3.63) is 88.2 Å². The number of fused-ring (bicyclic) bond motifs is 1. The molecule has 2 amide bonds. The molecule has 10 nitrogen and oxygen atoms in total. The minimum absolute atomic E-state index is 0.102. The monoisotopic (exact) mass is 711 g/mol. The largest absolute Gasteiger partial charge is 0.481 e. The number of rotatable bonds is 12. The van der Waals surface area contributed by atoms with Crippen LogP contribution < -0.4 is 26.0 Å². The zero-order chi connectivity index (χ0) is 34.8. The van der Waals surface area contributed by atoms with Crippen LogP contribution in [0.15, 0.2) is 67.0 Å². The number of hydrogen-bond donors (Lipinski definition) is 4. The zero-order valence-electron chi connectivity index (χ0n) is 28.0. The summed E-state index contributed by atoms with van der Waals surface area (Å²) >= 11 is 14.3. The number of nitrogens with one attached hydrogen (secondary N) is 4. The van der Waals surface area contributed by atoms with Crippen molar-refractivity contribution in [2.45, 2.75) is 50.9 Å². The minimum Gasteiger partial charge on any atom is -0.481 e. The molecule has 2 atom stereocenters. The van der Waals surface area contributed by atoms with Gasteiger partial charge in [-0.1, -0.05) is 65.7 Å². The summed E-state index contributed by atoms with van der Waals surface area (Å²) in [5.41, 5.74) is 8.73. The van der Waals surface area contributed by atoms with E-state index in [-0.39, 0.29) is 23.9 Å². The van der Waals surface area contributed by atoms with Crippen molar-refractivity contribution in [2.24, 2.45) is 7.05 Å². The van der Waals surface area contributed by atoms with Gasteiger partial charge in [0.25, 0.3) is 0 Å². The van der Waals surface area contributed by atoms with E-state index in [4.69, 9.17) is 37.9 Å². The Hall–Kier alpha value is -4.48. The van der Waals surface area contributed by atoms with E-state index in [1.54, 1.807) is 7.11 Å². The molecule has 2 fully saturated rings. The Morgan fingerprint density at radius 1 is 0.840 bits per heavy atom. The number of aromatic nitrogens is 3. The third kappa shape index (κ3) is 7.07. The summed E-state index contributed by atoms with van der Waals surface area (Å²) < 4.78 is 7.74. The number of hydrogen-bond acceptors (Lipinski definition) is 7. The SMILES string of the molecule is COc1nc(-c2cccc(-c3cccc(-c4cnc5c(CNC[C@H]6CCC(=O)N6)cn(C)c5c4)c3Cl)c2Cl)ccc1CNC[C@H]1CCC(=O)N1. The van der Waals surface area contributed by atoms with Gasteiger partial charge in [-0.05, 0) is 25.0 Å². The third-order valence-electron chi connectivity index (χ3n) is 9.49. The molecule has 12 heteroatoms. The first kappa shape index (κ1) is 34.0. The Labute approximate surface area is 300 Å². The molecule has 0 saturated carbocycles. The average Bonchev–Trinajstić information content (AvgIpc) is 3.83. The number of halogens is 2. The highest BCUT2D eigenvalue weighted by Crippen LogP contribution is 2.42. The number of pyridine rings is 2. The molecule has 0 bridgehead atoms. The Kier molecular flexibility index (Phi) is 10.1. The van der Waals surface area contributed by atoms with E-state index >= 15 is 0 Å². The summed E-state index contributed by atoms with van der Waals surface area (Å²) in [5, 5.41) is 14.0. The van der Waals surface area contributed by atoms with Crippen LogP contribution in [0.4, 0.5) is 0 Å². The summed E-state index contributed by atoms with van der Waals surface area (Å²) in [6.07, 6.45) is 6.82. The maximum absolute atomic E-state index is 11.5. The molecule has 2 aromatic carbocycles. The molecule has 2 aliphatic rings. The molecule has 5 aromatic rings. The summed E-state index contributed by atoms with van der Waals surface area (Å²) in [6.45, 7) is 2.62.